The lowest BCUT2D eigenvalue weighted by molar-refractivity contribution is -0.143. The van der Waals surface area contributed by atoms with E-state index in [1.165, 1.54) is 20.2 Å². The van der Waals surface area contributed by atoms with Gasteiger partial charge in [-0.3, -0.25) is 14.4 Å². The highest BCUT2D eigenvalue weighted by Crippen LogP contribution is 2.31. The van der Waals surface area contributed by atoms with Crippen molar-refractivity contribution in [3.63, 3.8) is 0 Å². The number of aryl methyl sites for hydroxylation is 1. The SMILES string of the molecule is COC(=O)CNC(=O)C(c1cccc(C)c1O)N(C)C(=O)C(CS)NC(=O)OC(C)(C)C. The van der Waals surface area contributed by atoms with Gasteiger partial charge in [-0.15, -0.1) is 0 Å². The van der Waals surface area contributed by atoms with Crippen LogP contribution in [0.4, 0.5) is 4.79 Å². The summed E-state index contributed by atoms with van der Waals surface area (Å²) in [5.41, 5.74) is -0.130. The molecule has 2 unspecified atom stereocenters. The molecule has 0 aliphatic carbocycles. The molecule has 0 aromatic heterocycles. The summed E-state index contributed by atoms with van der Waals surface area (Å²) in [6.07, 6.45) is -0.816. The summed E-state index contributed by atoms with van der Waals surface area (Å²) in [6.45, 7) is 6.26. The number of rotatable bonds is 8. The maximum atomic E-state index is 13.1. The van der Waals surface area contributed by atoms with E-state index in [1.807, 2.05) is 0 Å². The number of carbonyl (C=O) groups is 4. The van der Waals surface area contributed by atoms with Gasteiger partial charge in [0.1, 0.15) is 30.0 Å². The van der Waals surface area contributed by atoms with E-state index in [2.05, 4.69) is 28.0 Å². The number of esters is 1. The Kier molecular flexibility index (Phi) is 9.82. The summed E-state index contributed by atoms with van der Waals surface area (Å²) in [5.74, 6) is -2.29. The van der Waals surface area contributed by atoms with Gasteiger partial charge in [-0.2, -0.15) is 12.6 Å². The molecule has 0 fully saturated rings. The predicted molar refractivity (Wildman–Crippen MR) is 120 cm³/mol. The highest BCUT2D eigenvalue weighted by molar-refractivity contribution is 7.80. The Morgan fingerprint density at radius 2 is 1.84 bits per heavy atom. The Labute approximate surface area is 193 Å². The van der Waals surface area contributed by atoms with Crippen molar-refractivity contribution in [1.29, 1.82) is 0 Å². The van der Waals surface area contributed by atoms with Crippen LogP contribution in [0.5, 0.6) is 5.75 Å². The molecular weight excluding hydrogens is 438 g/mol. The maximum absolute atomic E-state index is 13.1. The van der Waals surface area contributed by atoms with E-state index in [9.17, 15) is 24.3 Å². The molecule has 0 bridgehead atoms. The van der Waals surface area contributed by atoms with Crippen LogP contribution in [-0.2, 0) is 23.9 Å². The van der Waals surface area contributed by atoms with Crippen LogP contribution in [-0.4, -0.2) is 72.0 Å². The molecule has 178 valence electrons. The van der Waals surface area contributed by atoms with Crippen molar-refractivity contribution in [1.82, 2.24) is 15.5 Å². The first-order valence-corrected chi connectivity index (χ1v) is 10.5. The van der Waals surface area contributed by atoms with Crippen LogP contribution >= 0.6 is 12.6 Å². The number of para-hydroxylation sites is 1. The fourth-order valence-electron chi connectivity index (χ4n) is 2.76. The van der Waals surface area contributed by atoms with Gasteiger partial charge in [-0.1, -0.05) is 18.2 Å². The number of hydrogen-bond donors (Lipinski definition) is 4. The zero-order chi connectivity index (χ0) is 24.6. The molecule has 1 rings (SSSR count). The van der Waals surface area contributed by atoms with Crippen LogP contribution in [0.25, 0.3) is 0 Å². The molecule has 2 atom stereocenters. The van der Waals surface area contributed by atoms with Crippen molar-refractivity contribution in [2.24, 2.45) is 0 Å². The largest absolute Gasteiger partial charge is 0.507 e. The third-order valence-corrected chi connectivity index (χ3v) is 4.72. The lowest BCUT2D eigenvalue weighted by Gasteiger charge is -2.31. The number of alkyl carbamates (subject to hydrolysis) is 1. The van der Waals surface area contributed by atoms with Crippen molar-refractivity contribution >= 4 is 36.5 Å². The van der Waals surface area contributed by atoms with Gasteiger partial charge < -0.3 is 30.1 Å². The number of hydrogen-bond acceptors (Lipinski definition) is 8. The standard InChI is InChI=1S/C21H31N3O7S/c1-12-8-7-9-13(17(12)26)16(18(27)22-10-15(25)30-6)24(5)19(28)14(11-32)23-20(29)31-21(2,3)4/h7-9,14,16,26,32H,10-11H2,1-6H3,(H,22,27)(H,23,29). The highest BCUT2D eigenvalue weighted by atomic mass is 32.1. The van der Waals surface area contributed by atoms with Gasteiger partial charge in [0.2, 0.25) is 11.8 Å². The molecule has 0 heterocycles. The molecule has 0 aliphatic heterocycles. The van der Waals surface area contributed by atoms with Crippen molar-refractivity contribution in [3.05, 3.63) is 29.3 Å². The molecule has 0 saturated heterocycles. The van der Waals surface area contributed by atoms with Crippen LogP contribution in [0.2, 0.25) is 0 Å². The van der Waals surface area contributed by atoms with E-state index >= 15 is 0 Å². The number of phenols is 1. The molecule has 11 heteroatoms. The number of phenolic OH excluding ortho intramolecular Hbond substituents is 1. The summed E-state index contributed by atoms with van der Waals surface area (Å²) in [6, 6.07) is 2.35. The van der Waals surface area contributed by atoms with Gasteiger partial charge in [-0.05, 0) is 33.3 Å². The van der Waals surface area contributed by atoms with Crippen LogP contribution in [0.1, 0.15) is 37.9 Å². The molecule has 1 aromatic carbocycles. The van der Waals surface area contributed by atoms with Gasteiger partial charge in [0.05, 0.1) is 7.11 Å². The topological polar surface area (TPSA) is 134 Å². The minimum atomic E-state index is -1.30. The molecule has 0 saturated carbocycles. The lowest BCUT2D eigenvalue weighted by atomic mass is 10.00. The zero-order valence-corrected chi connectivity index (χ0v) is 20.0. The normalized spacial score (nSPS) is 12.8. The number of amides is 3. The number of benzene rings is 1. The van der Waals surface area contributed by atoms with Crippen LogP contribution in [0.15, 0.2) is 18.2 Å². The number of nitrogens with one attached hydrogen (secondary N) is 2. The van der Waals surface area contributed by atoms with Gasteiger partial charge >= 0.3 is 12.1 Å². The number of aromatic hydroxyl groups is 1. The number of ether oxygens (including phenoxy) is 2. The number of nitrogens with zero attached hydrogens (tertiary/aromatic N) is 1. The summed E-state index contributed by atoms with van der Waals surface area (Å²) in [5, 5.41) is 15.4. The minimum Gasteiger partial charge on any atom is -0.507 e. The van der Waals surface area contributed by atoms with E-state index in [4.69, 9.17) is 4.74 Å². The Bertz CT molecular complexity index is 854. The fraction of sp³-hybridized carbons (Fsp3) is 0.524. The second kappa shape index (κ2) is 11.6. The first-order chi connectivity index (χ1) is 14.8. The van der Waals surface area contributed by atoms with E-state index in [0.29, 0.717) is 5.56 Å². The third kappa shape index (κ3) is 7.63. The van der Waals surface area contributed by atoms with E-state index in [-0.39, 0.29) is 17.1 Å². The quantitative estimate of drug-likeness (QED) is 0.333. The first kappa shape index (κ1) is 27.1. The van der Waals surface area contributed by atoms with Crippen LogP contribution in [0.3, 0.4) is 0 Å². The molecule has 1 aromatic rings. The third-order valence-electron chi connectivity index (χ3n) is 4.35. The van der Waals surface area contributed by atoms with Crippen molar-refractivity contribution < 1.29 is 33.8 Å². The van der Waals surface area contributed by atoms with Gasteiger partial charge in [-0.25, -0.2) is 4.79 Å². The Morgan fingerprint density at radius 1 is 1.22 bits per heavy atom. The smallest absolute Gasteiger partial charge is 0.408 e. The Balaban J connectivity index is 3.22. The fourth-order valence-corrected chi connectivity index (χ4v) is 3.01. The molecule has 10 nitrogen and oxygen atoms in total. The number of carbonyl (C=O) groups excluding carboxylic acids is 4. The minimum absolute atomic E-state index is 0.0707. The Morgan fingerprint density at radius 3 is 2.38 bits per heavy atom. The average Bonchev–Trinajstić information content (AvgIpc) is 2.71. The molecule has 3 N–H and O–H groups in total. The van der Waals surface area contributed by atoms with Crippen molar-refractivity contribution in [3.8, 4) is 5.75 Å². The number of thiol groups is 1. The summed E-state index contributed by atoms with van der Waals surface area (Å²) >= 11 is 4.13. The number of methoxy groups -OCH3 is 1. The zero-order valence-electron chi connectivity index (χ0n) is 19.1. The van der Waals surface area contributed by atoms with E-state index in [1.54, 1.807) is 39.8 Å². The summed E-state index contributed by atoms with van der Waals surface area (Å²) in [4.78, 5) is 50.7. The Hall–Kier alpha value is -2.95. The molecule has 0 radical (unpaired) electrons. The van der Waals surface area contributed by atoms with Crippen molar-refractivity contribution in [2.45, 2.75) is 45.4 Å². The van der Waals surface area contributed by atoms with Crippen LogP contribution in [0, 0.1) is 6.92 Å². The molecule has 0 aliphatic rings. The first-order valence-electron chi connectivity index (χ1n) is 9.82. The number of likely N-dealkylation sites (N-methyl/N-ethyl adjacent to an activating group) is 1. The van der Waals surface area contributed by atoms with Gasteiger partial charge in [0, 0.05) is 18.4 Å². The van der Waals surface area contributed by atoms with E-state index < -0.39 is 48.1 Å². The summed E-state index contributed by atoms with van der Waals surface area (Å²) in [7, 11) is 2.52. The maximum Gasteiger partial charge on any atom is 0.408 e. The highest BCUT2D eigenvalue weighted by Gasteiger charge is 2.35. The van der Waals surface area contributed by atoms with Crippen LogP contribution < -0.4 is 10.6 Å². The predicted octanol–water partition coefficient (Wildman–Crippen LogP) is 1.31. The average molecular weight is 470 g/mol. The molecule has 3 amide bonds. The van der Waals surface area contributed by atoms with Crippen molar-refractivity contribution in [2.75, 3.05) is 26.5 Å². The van der Waals surface area contributed by atoms with Gasteiger partial charge in [0.25, 0.3) is 0 Å². The summed E-state index contributed by atoms with van der Waals surface area (Å²) < 4.78 is 9.70. The lowest BCUT2D eigenvalue weighted by Crippen LogP contribution is -2.52. The second-order valence-electron chi connectivity index (χ2n) is 8.04. The van der Waals surface area contributed by atoms with Gasteiger partial charge in [0.15, 0.2) is 0 Å². The molecule has 0 spiro atoms. The molecular formula is C21H31N3O7S. The monoisotopic (exact) mass is 469 g/mol. The second-order valence-corrected chi connectivity index (χ2v) is 8.40. The van der Waals surface area contributed by atoms with E-state index in [0.717, 1.165) is 4.90 Å². The molecule has 32 heavy (non-hydrogen) atoms.